The lowest BCUT2D eigenvalue weighted by Crippen LogP contribution is -2.13. The Hall–Kier alpha value is -0.760. The molecule has 0 saturated heterocycles. The molecule has 61 valence electrons. The molecule has 1 radical (unpaired) electrons. The van der Waals surface area contributed by atoms with Gasteiger partial charge in [-0.25, -0.2) is 0 Å². The van der Waals surface area contributed by atoms with Crippen molar-refractivity contribution in [2.24, 2.45) is 0 Å². The molecule has 1 heterocycles. The molecule has 1 aliphatic carbocycles. The van der Waals surface area contributed by atoms with Gasteiger partial charge >= 0.3 is 0 Å². The molecule has 1 N–H and O–H groups in total. The fraction of sp³-hybridized carbons (Fsp3) is 0.100. The van der Waals surface area contributed by atoms with E-state index in [-0.39, 0.29) is 0 Å². The zero-order chi connectivity index (χ0) is 8.55. The quantitative estimate of drug-likeness (QED) is 0.665. The van der Waals surface area contributed by atoms with Crippen LogP contribution < -0.4 is 5.32 Å². The number of hydrogen-bond donors (Lipinski definition) is 1. The van der Waals surface area contributed by atoms with Crippen LogP contribution in [-0.4, -0.2) is 0 Å². The Morgan fingerprint density at radius 3 is 2.92 bits per heavy atom. The van der Waals surface area contributed by atoms with Crippen LogP contribution in [0, 0.1) is 4.83 Å². The largest absolute Gasteiger partial charge is 0.361 e. The van der Waals surface area contributed by atoms with Crippen LogP contribution in [0.25, 0.3) is 0 Å². The number of hydrogen-bond acceptors (Lipinski definition) is 1. The van der Waals surface area contributed by atoms with Crippen LogP contribution in [0.15, 0.2) is 47.3 Å². The third kappa shape index (κ3) is 1.39. The molecule has 0 amide bonds. The number of fused-ring (bicyclic) bond motifs is 1. The Bertz CT molecular complexity index is 321. The molecule has 2 rings (SSSR count). The van der Waals surface area contributed by atoms with Gasteiger partial charge in [0, 0.05) is 11.9 Å². The summed E-state index contributed by atoms with van der Waals surface area (Å²) in [6, 6.07) is 0. The summed E-state index contributed by atoms with van der Waals surface area (Å²) in [4.78, 5) is 1.11. The molecule has 12 heavy (non-hydrogen) atoms. The summed E-state index contributed by atoms with van der Waals surface area (Å²) in [5, 5.41) is 3.23. The minimum atomic E-state index is 1.11. The van der Waals surface area contributed by atoms with E-state index in [9.17, 15) is 0 Å². The molecule has 2 aliphatic rings. The van der Waals surface area contributed by atoms with Gasteiger partial charge < -0.3 is 5.32 Å². The molecule has 0 fully saturated rings. The number of dihydropyridines is 1. The Balaban J connectivity index is 2.36. The second-order valence-corrected chi connectivity index (χ2v) is 3.82. The lowest BCUT2D eigenvalue weighted by molar-refractivity contribution is 1.03. The number of allylic oxidation sites excluding steroid dienone is 5. The number of halogens is 1. The average Bonchev–Trinajstić information content (AvgIpc) is 2.05. The smallest absolute Gasteiger partial charge is 0.0867 e. The van der Waals surface area contributed by atoms with Crippen molar-refractivity contribution in [2.45, 2.75) is 6.92 Å². The van der Waals surface area contributed by atoms with Crippen molar-refractivity contribution in [1.82, 2.24) is 5.32 Å². The summed E-state index contributed by atoms with van der Waals surface area (Å²) in [6.45, 7) is 2.08. The highest BCUT2D eigenvalue weighted by Gasteiger charge is 2.12. The van der Waals surface area contributed by atoms with Gasteiger partial charge in [0.2, 0.25) is 0 Å². The highest BCUT2D eigenvalue weighted by molar-refractivity contribution is 9.11. The van der Waals surface area contributed by atoms with Crippen molar-refractivity contribution in [3.8, 4) is 0 Å². The second-order valence-electron chi connectivity index (χ2n) is 2.91. The fourth-order valence-corrected chi connectivity index (χ4v) is 1.62. The van der Waals surface area contributed by atoms with E-state index in [1.54, 1.807) is 0 Å². The predicted molar refractivity (Wildman–Crippen MR) is 54.4 cm³/mol. The van der Waals surface area contributed by atoms with Gasteiger partial charge in [-0.1, -0.05) is 28.1 Å². The summed E-state index contributed by atoms with van der Waals surface area (Å²) >= 11 is 3.43. The third-order valence-electron chi connectivity index (χ3n) is 1.85. The molecule has 0 bridgehead atoms. The summed E-state index contributed by atoms with van der Waals surface area (Å²) in [5.74, 6) is 0. The predicted octanol–water partition coefficient (Wildman–Crippen LogP) is 2.80. The van der Waals surface area contributed by atoms with Crippen molar-refractivity contribution in [3.05, 3.63) is 52.2 Å². The molecule has 0 aromatic rings. The second kappa shape index (κ2) is 2.94. The first-order valence-electron chi connectivity index (χ1n) is 3.83. The Labute approximate surface area is 80.7 Å². The summed E-state index contributed by atoms with van der Waals surface area (Å²) in [7, 11) is 0. The van der Waals surface area contributed by atoms with E-state index in [0.29, 0.717) is 0 Å². The van der Waals surface area contributed by atoms with E-state index in [4.69, 9.17) is 0 Å². The number of rotatable bonds is 0. The first kappa shape index (κ1) is 7.87. The van der Waals surface area contributed by atoms with Crippen molar-refractivity contribution in [3.63, 3.8) is 0 Å². The van der Waals surface area contributed by atoms with Crippen LogP contribution in [0.3, 0.4) is 0 Å². The summed E-state index contributed by atoms with van der Waals surface area (Å²) in [5.41, 5.74) is 3.66. The SMILES string of the molecule is CC1=CNC2=C[C](Br)C=CC2=C1. The molecule has 0 atom stereocenters. The maximum absolute atomic E-state index is 3.43. The highest BCUT2D eigenvalue weighted by Crippen LogP contribution is 2.27. The molecular formula is C10H9BrN. The first-order valence-corrected chi connectivity index (χ1v) is 4.62. The fourth-order valence-electron chi connectivity index (χ4n) is 1.26. The molecule has 1 nitrogen and oxygen atoms in total. The molecule has 0 saturated carbocycles. The maximum atomic E-state index is 3.43. The van der Waals surface area contributed by atoms with E-state index in [1.165, 1.54) is 11.1 Å². The summed E-state index contributed by atoms with van der Waals surface area (Å²) in [6.07, 6.45) is 10.4. The molecule has 1 aliphatic heterocycles. The van der Waals surface area contributed by atoms with Crippen LogP contribution in [0.1, 0.15) is 6.92 Å². The van der Waals surface area contributed by atoms with Gasteiger partial charge in [0.25, 0.3) is 0 Å². The van der Waals surface area contributed by atoms with Gasteiger partial charge in [0.15, 0.2) is 0 Å². The van der Waals surface area contributed by atoms with E-state index < -0.39 is 0 Å². The van der Waals surface area contributed by atoms with Crippen LogP contribution in [0.2, 0.25) is 0 Å². The van der Waals surface area contributed by atoms with Gasteiger partial charge in [0.1, 0.15) is 0 Å². The topological polar surface area (TPSA) is 12.0 Å². The molecule has 0 aromatic heterocycles. The number of nitrogens with one attached hydrogen (secondary N) is 1. The minimum absolute atomic E-state index is 1.11. The van der Waals surface area contributed by atoms with Crippen LogP contribution in [-0.2, 0) is 0 Å². The maximum Gasteiger partial charge on any atom is 0.0867 e. The molecule has 0 spiro atoms. The van der Waals surface area contributed by atoms with Crippen LogP contribution >= 0.6 is 15.9 Å². The summed E-state index contributed by atoms with van der Waals surface area (Å²) < 4.78 is 0. The van der Waals surface area contributed by atoms with E-state index in [0.717, 1.165) is 10.5 Å². The normalized spacial score (nSPS) is 22.0. The first-order chi connectivity index (χ1) is 5.75. The van der Waals surface area contributed by atoms with Gasteiger partial charge in [-0.3, -0.25) is 0 Å². The molecule has 0 aromatic carbocycles. The van der Waals surface area contributed by atoms with E-state index in [1.807, 2.05) is 6.20 Å². The average molecular weight is 223 g/mol. The van der Waals surface area contributed by atoms with Crippen LogP contribution in [0.5, 0.6) is 0 Å². The lowest BCUT2D eigenvalue weighted by atomic mass is 10.0. The van der Waals surface area contributed by atoms with Crippen molar-refractivity contribution in [1.29, 1.82) is 0 Å². The van der Waals surface area contributed by atoms with E-state index in [2.05, 4.69) is 52.5 Å². The highest BCUT2D eigenvalue weighted by atomic mass is 79.9. The van der Waals surface area contributed by atoms with Gasteiger partial charge in [-0.15, -0.1) is 0 Å². The Kier molecular flexibility index (Phi) is 1.93. The monoisotopic (exact) mass is 222 g/mol. The van der Waals surface area contributed by atoms with Crippen molar-refractivity contribution >= 4 is 15.9 Å². The molecule has 0 unspecified atom stereocenters. The third-order valence-corrected chi connectivity index (χ3v) is 2.35. The van der Waals surface area contributed by atoms with Gasteiger partial charge in [0.05, 0.1) is 4.83 Å². The minimum Gasteiger partial charge on any atom is -0.361 e. The molecular weight excluding hydrogens is 214 g/mol. The zero-order valence-corrected chi connectivity index (χ0v) is 8.35. The van der Waals surface area contributed by atoms with E-state index >= 15 is 0 Å². The zero-order valence-electron chi connectivity index (χ0n) is 6.76. The van der Waals surface area contributed by atoms with Crippen molar-refractivity contribution < 1.29 is 0 Å². The van der Waals surface area contributed by atoms with Gasteiger partial charge in [-0.05, 0) is 30.2 Å². The molecule has 2 heteroatoms. The lowest BCUT2D eigenvalue weighted by Gasteiger charge is -2.18. The van der Waals surface area contributed by atoms with Crippen LogP contribution in [0.4, 0.5) is 0 Å². The Morgan fingerprint density at radius 1 is 1.25 bits per heavy atom. The standard InChI is InChI=1S/C10H9BrN/c1-7-4-8-2-3-9(11)5-10(8)12-6-7/h2-6,12H,1H3. The van der Waals surface area contributed by atoms with Crippen molar-refractivity contribution in [2.75, 3.05) is 0 Å². The van der Waals surface area contributed by atoms with Gasteiger partial charge in [-0.2, -0.15) is 0 Å². The Morgan fingerprint density at radius 2 is 2.08 bits per heavy atom.